The van der Waals surface area contributed by atoms with Gasteiger partial charge in [0.15, 0.2) is 5.78 Å². The van der Waals surface area contributed by atoms with Gasteiger partial charge in [-0.1, -0.05) is 18.0 Å². The number of aromatic nitrogens is 1. The molecule has 1 aliphatic carbocycles. The third kappa shape index (κ3) is 2.94. The molecule has 3 rings (SSSR count). The second-order valence-electron chi connectivity index (χ2n) is 5.19. The molecule has 104 valence electrons. The van der Waals surface area contributed by atoms with Gasteiger partial charge in [-0.25, -0.2) is 0 Å². The van der Waals surface area contributed by atoms with E-state index in [0.29, 0.717) is 11.4 Å². The fourth-order valence-corrected chi connectivity index (χ4v) is 3.99. The molecule has 0 spiro atoms. The number of halogens is 1. The van der Waals surface area contributed by atoms with Crippen LogP contribution >= 0.6 is 22.9 Å². The minimum Gasteiger partial charge on any atom is -0.293 e. The van der Waals surface area contributed by atoms with Crippen LogP contribution in [0.3, 0.4) is 0 Å². The van der Waals surface area contributed by atoms with Crippen LogP contribution in [0.4, 0.5) is 0 Å². The molecule has 0 saturated carbocycles. The van der Waals surface area contributed by atoms with Gasteiger partial charge < -0.3 is 0 Å². The van der Waals surface area contributed by atoms with Gasteiger partial charge in [-0.15, -0.1) is 11.3 Å². The molecule has 0 aromatic carbocycles. The van der Waals surface area contributed by atoms with Crippen molar-refractivity contribution in [3.8, 4) is 0 Å². The SMILES string of the molecule is O=C(Cc1ccncc1Cl)c1cc2c(s1)CCCCC2. The Balaban J connectivity index is 1.79. The van der Waals surface area contributed by atoms with Gasteiger partial charge in [-0.2, -0.15) is 0 Å². The van der Waals surface area contributed by atoms with Crippen molar-refractivity contribution in [1.29, 1.82) is 0 Å². The van der Waals surface area contributed by atoms with Crippen molar-refractivity contribution in [2.24, 2.45) is 0 Å². The van der Waals surface area contributed by atoms with E-state index in [1.165, 1.54) is 29.7 Å². The van der Waals surface area contributed by atoms with Gasteiger partial charge >= 0.3 is 0 Å². The number of carbonyl (C=O) groups excluding carboxylic acids is 1. The van der Waals surface area contributed by atoms with E-state index in [0.717, 1.165) is 23.3 Å². The Morgan fingerprint density at radius 1 is 1.30 bits per heavy atom. The van der Waals surface area contributed by atoms with Crippen molar-refractivity contribution in [1.82, 2.24) is 4.98 Å². The number of Topliss-reactive ketones (excluding diaryl/α,β-unsaturated/α-hetero) is 1. The van der Waals surface area contributed by atoms with E-state index < -0.39 is 0 Å². The number of hydrogen-bond acceptors (Lipinski definition) is 3. The van der Waals surface area contributed by atoms with Crippen molar-refractivity contribution in [2.45, 2.75) is 38.5 Å². The largest absolute Gasteiger partial charge is 0.293 e. The maximum absolute atomic E-state index is 12.4. The predicted octanol–water partition coefficient (Wildman–Crippen LogP) is 4.49. The van der Waals surface area contributed by atoms with Crippen LogP contribution in [0.2, 0.25) is 5.02 Å². The van der Waals surface area contributed by atoms with Gasteiger partial charge in [0.2, 0.25) is 0 Å². The molecule has 4 heteroatoms. The summed E-state index contributed by atoms with van der Waals surface area (Å²) in [4.78, 5) is 18.6. The minimum atomic E-state index is 0.163. The third-order valence-electron chi connectivity index (χ3n) is 3.73. The highest BCUT2D eigenvalue weighted by Crippen LogP contribution is 2.30. The van der Waals surface area contributed by atoms with Crippen LogP contribution in [0, 0.1) is 0 Å². The smallest absolute Gasteiger partial charge is 0.177 e. The standard InChI is InChI=1S/C16H16ClNOS/c17-13-10-18-7-6-11(13)8-14(19)16-9-12-4-2-1-3-5-15(12)20-16/h6-7,9-10H,1-5,8H2. The first-order valence-electron chi connectivity index (χ1n) is 6.97. The highest BCUT2D eigenvalue weighted by atomic mass is 35.5. The zero-order chi connectivity index (χ0) is 13.9. The number of nitrogens with zero attached hydrogens (tertiary/aromatic N) is 1. The second kappa shape index (κ2) is 6.06. The Kier molecular flexibility index (Phi) is 4.18. The summed E-state index contributed by atoms with van der Waals surface area (Å²) in [5, 5.41) is 0.568. The average molecular weight is 306 g/mol. The minimum absolute atomic E-state index is 0.163. The summed E-state index contributed by atoms with van der Waals surface area (Å²) in [5.41, 5.74) is 2.24. The lowest BCUT2D eigenvalue weighted by Crippen LogP contribution is -2.02. The Bertz CT molecular complexity index is 612. The van der Waals surface area contributed by atoms with Crippen molar-refractivity contribution < 1.29 is 4.79 Å². The molecule has 20 heavy (non-hydrogen) atoms. The summed E-state index contributed by atoms with van der Waals surface area (Å²) >= 11 is 7.74. The van der Waals surface area contributed by atoms with E-state index in [1.54, 1.807) is 23.7 Å². The first-order chi connectivity index (χ1) is 9.74. The summed E-state index contributed by atoms with van der Waals surface area (Å²) in [6.07, 6.45) is 9.67. The van der Waals surface area contributed by atoms with Crippen LogP contribution in [0.5, 0.6) is 0 Å². The Morgan fingerprint density at radius 2 is 2.15 bits per heavy atom. The van der Waals surface area contributed by atoms with Crippen molar-refractivity contribution >= 4 is 28.7 Å². The first-order valence-corrected chi connectivity index (χ1v) is 8.16. The quantitative estimate of drug-likeness (QED) is 0.617. The molecule has 0 atom stereocenters. The zero-order valence-electron chi connectivity index (χ0n) is 11.2. The van der Waals surface area contributed by atoms with Gasteiger partial charge in [-0.3, -0.25) is 9.78 Å². The van der Waals surface area contributed by atoms with Crippen molar-refractivity contribution in [2.75, 3.05) is 0 Å². The number of hydrogen-bond donors (Lipinski definition) is 0. The van der Waals surface area contributed by atoms with Gasteiger partial charge in [-0.05, 0) is 48.9 Å². The molecule has 0 N–H and O–H groups in total. The molecular weight excluding hydrogens is 290 g/mol. The Morgan fingerprint density at radius 3 is 3.00 bits per heavy atom. The van der Waals surface area contributed by atoms with E-state index in [1.807, 2.05) is 6.07 Å². The first kappa shape index (κ1) is 13.8. The lowest BCUT2D eigenvalue weighted by Gasteiger charge is -2.01. The van der Waals surface area contributed by atoms with Crippen LogP contribution in [0.1, 0.15) is 44.9 Å². The molecule has 1 aliphatic rings. The van der Waals surface area contributed by atoms with Gasteiger partial charge in [0.05, 0.1) is 9.90 Å². The highest BCUT2D eigenvalue weighted by molar-refractivity contribution is 7.14. The zero-order valence-corrected chi connectivity index (χ0v) is 12.8. The van der Waals surface area contributed by atoms with E-state index in [9.17, 15) is 4.79 Å². The van der Waals surface area contributed by atoms with E-state index in [2.05, 4.69) is 11.1 Å². The number of thiophene rings is 1. The molecule has 2 aromatic heterocycles. The topological polar surface area (TPSA) is 30.0 Å². The molecule has 2 nitrogen and oxygen atoms in total. The van der Waals surface area contributed by atoms with Gasteiger partial charge in [0.25, 0.3) is 0 Å². The van der Waals surface area contributed by atoms with Crippen molar-refractivity contribution in [3.63, 3.8) is 0 Å². The third-order valence-corrected chi connectivity index (χ3v) is 5.35. The molecular formula is C16H16ClNOS. The molecule has 0 fully saturated rings. The monoisotopic (exact) mass is 305 g/mol. The number of carbonyl (C=O) groups is 1. The molecule has 2 aromatic rings. The Hall–Kier alpha value is -1.19. The number of ketones is 1. The summed E-state index contributed by atoms with van der Waals surface area (Å²) in [7, 11) is 0. The number of aryl methyl sites for hydroxylation is 2. The number of pyridine rings is 1. The average Bonchev–Trinajstić information content (AvgIpc) is 2.73. The maximum atomic E-state index is 12.4. The maximum Gasteiger partial charge on any atom is 0.177 e. The molecule has 0 unspecified atom stereocenters. The molecule has 0 saturated heterocycles. The van der Waals surface area contributed by atoms with Crippen LogP contribution in [-0.2, 0) is 19.3 Å². The lowest BCUT2D eigenvalue weighted by atomic mass is 10.1. The molecule has 0 amide bonds. The van der Waals surface area contributed by atoms with Gasteiger partial charge in [0, 0.05) is 23.7 Å². The van der Waals surface area contributed by atoms with Crippen LogP contribution in [0.25, 0.3) is 0 Å². The second-order valence-corrected chi connectivity index (χ2v) is 6.73. The summed E-state index contributed by atoms with van der Waals surface area (Å²) in [5.74, 6) is 0.163. The molecule has 2 heterocycles. The van der Waals surface area contributed by atoms with Crippen LogP contribution in [-0.4, -0.2) is 10.8 Å². The summed E-state index contributed by atoms with van der Waals surface area (Å²) in [6, 6.07) is 3.92. The molecule has 0 aliphatic heterocycles. The summed E-state index contributed by atoms with van der Waals surface area (Å²) in [6.45, 7) is 0. The van der Waals surface area contributed by atoms with Crippen molar-refractivity contribution in [3.05, 3.63) is 50.4 Å². The van der Waals surface area contributed by atoms with E-state index in [-0.39, 0.29) is 5.78 Å². The predicted molar refractivity (Wildman–Crippen MR) is 82.9 cm³/mol. The molecule has 0 bridgehead atoms. The van der Waals surface area contributed by atoms with Crippen LogP contribution < -0.4 is 0 Å². The molecule has 0 radical (unpaired) electrons. The fraction of sp³-hybridized carbons (Fsp3) is 0.375. The highest BCUT2D eigenvalue weighted by Gasteiger charge is 2.17. The Labute approximate surface area is 127 Å². The van der Waals surface area contributed by atoms with Crippen LogP contribution in [0.15, 0.2) is 24.5 Å². The van der Waals surface area contributed by atoms with Gasteiger partial charge in [0.1, 0.15) is 0 Å². The number of rotatable bonds is 3. The number of fused-ring (bicyclic) bond motifs is 1. The van der Waals surface area contributed by atoms with E-state index in [4.69, 9.17) is 11.6 Å². The summed E-state index contributed by atoms with van der Waals surface area (Å²) < 4.78 is 0. The fourth-order valence-electron chi connectivity index (χ4n) is 2.61. The van der Waals surface area contributed by atoms with E-state index >= 15 is 0 Å². The normalized spacial score (nSPS) is 14.7. The lowest BCUT2D eigenvalue weighted by molar-refractivity contribution is 0.0997.